The molecule has 3 aromatic rings. The number of hydrogen-bond donors (Lipinski definition) is 3. The van der Waals surface area contributed by atoms with Gasteiger partial charge in [0.05, 0.1) is 29.6 Å². The molecular formula is C36H41ClN6O5. The van der Waals surface area contributed by atoms with Crippen LogP contribution in [0.2, 0.25) is 5.02 Å². The molecule has 5 N–H and O–H groups in total. The molecule has 2 aromatic heterocycles. The molecule has 7 rings (SSSR count). The summed E-state index contributed by atoms with van der Waals surface area (Å²) in [6.07, 6.45) is 9.25. The number of pyridine rings is 2. The molecule has 0 unspecified atom stereocenters. The number of benzene rings is 1. The maximum atomic E-state index is 13.6. The highest BCUT2D eigenvalue weighted by Crippen LogP contribution is 2.50. The lowest BCUT2D eigenvalue weighted by molar-refractivity contribution is -0.123. The van der Waals surface area contributed by atoms with E-state index in [0.29, 0.717) is 81.9 Å². The first-order chi connectivity index (χ1) is 23.2. The number of ether oxygens (including phenoxy) is 3. The normalized spacial score (nSPS) is 21.5. The Labute approximate surface area is 284 Å². The zero-order chi connectivity index (χ0) is 33.6. The molecule has 4 heterocycles. The second-order valence-corrected chi connectivity index (χ2v) is 13.9. The Morgan fingerprint density at radius 1 is 1.19 bits per heavy atom. The fourth-order valence-electron chi connectivity index (χ4n) is 6.66. The lowest BCUT2D eigenvalue weighted by atomic mass is 9.82. The number of amides is 2. The van der Waals surface area contributed by atoms with Gasteiger partial charge in [-0.25, -0.2) is 4.98 Å². The summed E-state index contributed by atoms with van der Waals surface area (Å²) in [5, 5.41) is 3.65. The maximum absolute atomic E-state index is 13.6. The van der Waals surface area contributed by atoms with Crippen LogP contribution < -0.4 is 26.3 Å². The number of nitrogens with one attached hydrogen (secondary N) is 1. The number of nitrogens with two attached hydrogens (primary N) is 2. The molecule has 2 aliphatic carbocycles. The lowest BCUT2D eigenvalue weighted by Gasteiger charge is -2.24. The van der Waals surface area contributed by atoms with Gasteiger partial charge < -0.3 is 31.0 Å². The summed E-state index contributed by atoms with van der Waals surface area (Å²) in [6, 6.07) is 7.48. The number of rotatable bonds is 11. The van der Waals surface area contributed by atoms with Gasteiger partial charge in [-0.15, -0.1) is 0 Å². The van der Waals surface area contributed by atoms with Gasteiger partial charge in [-0.1, -0.05) is 11.6 Å². The van der Waals surface area contributed by atoms with Crippen molar-refractivity contribution in [2.24, 2.45) is 16.6 Å². The molecule has 11 nitrogen and oxygen atoms in total. The molecule has 2 aliphatic heterocycles. The average molecular weight is 673 g/mol. The zero-order valence-corrected chi connectivity index (χ0v) is 28.0. The Morgan fingerprint density at radius 2 is 1.96 bits per heavy atom. The SMILES string of the molecule is COc1cc(C(=O)NC[C@H](c2cc3c(c(-c4ccnc(C5CCOCC5)c4Cl)n2)OC[C@]3(C)C(N)=O)C2CC2)cc(C=NC2CC2)c1N. The second kappa shape index (κ2) is 13.0. The van der Waals surface area contributed by atoms with Crippen molar-refractivity contribution in [1.29, 1.82) is 0 Å². The second-order valence-electron chi connectivity index (χ2n) is 13.5. The number of carbonyl (C=O) groups excluding carboxylic acids is 2. The fraction of sp³-hybridized carbons (Fsp3) is 0.472. The van der Waals surface area contributed by atoms with E-state index >= 15 is 0 Å². The van der Waals surface area contributed by atoms with Crippen LogP contribution >= 0.6 is 11.6 Å². The summed E-state index contributed by atoms with van der Waals surface area (Å²) in [7, 11) is 1.53. The van der Waals surface area contributed by atoms with Crippen LogP contribution in [-0.2, 0) is 14.9 Å². The van der Waals surface area contributed by atoms with Crippen molar-refractivity contribution in [3.8, 4) is 22.8 Å². The number of methoxy groups -OCH3 is 1. The van der Waals surface area contributed by atoms with Gasteiger partial charge in [-0.2, -0.15) is 0 Å². The Bertz CT molecular complexity index is 1780. The minimum Gasteiger partial charge on any atom is -0.495 e. The van der Waals surface area contributed by atoms with Crippen LogP contribution in [0.25, 0.3) is 11.3 Å². The number of primary amides is 1. The quantitative estimate of drug-likeness (QED) is 0.191. The van der Waals surface area contributed by atoms with Crippen molar-refractivity contribution in [2.45, 2.75) is 68.7 Å². The molecule has 0 bridgehead atoms. The predicted octanol–water partition coefficient (Wildman–Crippen LogP) is 4.92. The highest BCUT2D eigenvalue weighted by Gasteiger charge is 2.45. The van der Waals surface area contributed by atoms with Crippen LogP contribution in [0.1, 0.15) is 90.2 Å². The van der Waals surface area contributed by atoms with E-state index in [1.165, 1.54) is 7.11 Å². The van der Waals surface area contributed by atoms with Gasteiger partial charge in [-0.3, -0.25) is 19.6 Å². The topological polar surface area (TPSA) is 164 Å². The van der Waals surface area contributed by atoms with E-state index in [-0.39, 0.29) is 24.3 Å². The van der Waals surface area contributed by atoms with E-state index in [1.54, 1.807) is 31.5 Å². The highest BCUT2D eigenvalue weighted by molar-refractivity contribution is 6.34. The smallest absolute Gasteiger partial charge is 0.251 e. The number of carbonyl (C=O) groups is 2. The van der Waals surface area contributed by atoms with Crippen molar-refractivity contribution in [2.75, 3.05) is 39.2 Å². The average Bonchev–Trinajstić information content (AvgIpc) is 4.04. The van der Waals surface area contributed by atoms with Crippen molar-refractivity contribution < 1.29 is 23.8 Å². The molecule has 2 atom stereocenters. The van der Waals surface area contributed by atoms with Crippen molar-refractivity contribution in [3.63, 3.8) is 0 Å². The number of nitrogen functional groups attached to an aromatic ring is 1. The third-order valence-electron chi connectivity index (χ3n) is 10.1. The molecule has 0 spiro atoms. The van der Waals surface area contributed by atoms with E-state index in [4.69, 9.17) is 42.3 Å². The summed E-state index contributed by atoms with van der Waals surface area (Å²) < 4.78 is 17.2. The lowest BCUT2D eigenvalue weighted by Crippen LogP contribution is -2.40. The van der Waals surface area contributed by atoms with Crippen LogP contribution in [0.5, 0.6) is 11.5 Å². The Kier molecular flexibility index (Phi) is 8.76. The zero-order valence-electron chi connectivity index (χ0n) is 27.3. The summed E-state index contributed by atoms with van der Waals surface area (Å²) >= 11 is 7.11. The monoisotopic (exact) mass is 672 g/mol. The van der Waals surface area contributed by atoms with Gasteiger partial charge >= 0.3 is 0 Å². The molecule has 48 heavy (non-hydrogen) atoms. The molecular weight excluding hydrogens is 632 g/mol. The first-order valence-electron chi connectivity index (χ1n) is 16.7. The van der Waals surface area contributed by atoms with Crippen LogP contribution in [0.4, 0.5) is 5.69 Å². The summed E-state index contributed by atoms with van der Waals surface area (Å²) in [4.78, 5) is 40.8. The first kappa shape index (κ1) is 32.3. The van der Waals surface area contributed by atoms with E-state index < -0.39 is 11.3 Å². The van der Waals surface area contributed by atoms with Crippen LogP contribution in [0.3, 0.4) is 0 Å². The molecule has 1 saturated heterocycles. The molecule has 3 fully saturated rings. The van der Waals surface area contributed by atoms with Gasteiger partial charge in [-0.05, 0) is 75.6 Å². The largest absolute Gasteiger partial charge is 0.495 e. The van der Waals surface area contributed by atoms with Crippen molar-refractivity contribution in [1.82, 2.24) is 15.3 Å². The summed E-state index contributed by atoms with van der Waals surface area (Å²) in [6.45, 7) is 3.54. The third-order valence-corrected chi connectivity index (χ3v) is 10.5. The number of halogens is 1. The van der Waals surface area contributed by atoms with Crippen molar-refractivity contribution >= 4 is 35.3 Å². The fourth-order valence-corrected chi connectivity index (χ4v) is 7.01. The highest BCUT2D eigenvalue weighted by atomic mass is 35.5. The molecule has 2 saturated carbocycles. The van der Waals surface area contributed by atoms with E-state index in [0.717, 1.165) is 49.9 Å². The van der Waals surface area contributed by atoms with Crippen molar-refractivity contribution in [3.05, 3.63) is 63.6 Å². The standard InChI is InChI=1S/C36H41ClN6O5/c1-36(35(39)45)18-48-33-26(36)15-27(43-32(33)24-7-10-40-31(29(24)37)20-8-11-47-12-9-20)25(19-3-4-19)17-42-34(44)21-13-22(16-41-23-5-6-23)30(38)28(14-21)46-2/h7,10,13-16,19-20,23,25H,3-6,8-9,11-12,17-18,38H2,1-2H3,(H2,39,45)(H,42,44)/t25-,36-/m0/s1. The van der Waals surface area contributed by atoms with E-state index in [1.807, 2.05) is 12.1 Å². The number of nitrogens with zero attached hydrogens (tertiary/aromatic N) is 3. The number of hydrogen-bond acceptors (Lipinski definition) is 9. The van der Waals surface area contributed by atoms with Gasteiger partial charge in [0, 0.05) is 72.0 Å². The molecule has 0 radical (unpaired) electrons. The Morgan fingerprint density at radius 3 is 2.65 bits per heavy atom. The number of anilines is 1. The number of fused-ring (bicyclic) bond motifs is 1. The van der Waals surface area contributed by atoms with Gasteiger partial charge in [0.1, 0.15) is 29.2 Å². The summed E-state index contributed by atoms with van der Waals surface area (Å²) in [5.74, 6) is 0.521. The van der Waals surface area contributed by atoms with Crippen LogP contribution in [-0.4, -0.2) is 67.5 Å². The van der Waals surface area contributed by atoms with Gasteiger partial charge in [0.2, 0.25) is 5.91 Å². The van der Waals surface area contributed by atoms with E-state index in [2.05, 4.69) is 15.3 Å². The molecule has 252 valence electrons. The van der Waals surface area contributed by atoms with Gasteiger partial charge in [0.15, 0.2) is 0 Å². The van der Waals surface area contributed by atoms with Crippen LogP contribution in [0.15, 0.2) is 35.5 Å². The number of aliphatic imine (C=N–C) groups is 1. The minimum atomic E-state index is -1.05. The Balaban J connectivity index is 1.23. The van der Waals surface area contributed by atoms with Crippen LogP contribution in [0, 0.1) is 5.92 Å². The minimum absolute atomic E-state index is 0.0987. The van der Waals surface area contributed by atoms with E-state index in [9.17, 15) is 9.59 Å². The molecule has 12 heteroatoms. The maximum Gasteiger partial charge on any atom is 0.251 e. The van der Waals surface area contributed by atoms with Gasteiger partial charge in [0.25, 0.3) is 5.91 Å². The molecule has 1 aromatic carbocycles. The third kappa shape index (κ3) is 6.21. The predicted molar refractivity (Wildman–Crippen MR) is 183 cm³/mol. The Hall–Kier alpha value is -4.22. The first-order valence-corrected chi connectivity index (χ1v) is 17.0. The molecule has 4 aliphatic rings. The summed E-state index contributed by atoms with van der Waals surface area (Å²) in [5.41, 5.74) is 16.2. The number of aromatic nitrogens is 2. The molecule has 2 amide bonds.